The number of hydrogen-bond acceptors (Lipinski definition) is 4. The standard InChI is InChI=1S/C32H28N2O4/c35-29(17-23-19-37-27-13-11-21-7-1-3-9-25(21)31(23)27)33-15-5-6-16-34-30(36)18-24-20-38-28-14-12-22-8-2-4-10-26(22)32(24)28/h1-4,7-14,19-20H,5-6,15-18H2,(H,33,35)(H,34,36). The molecule has 0 atom stereocenters. The molecule has 2 N–H and O–H groups in total. The molecule has 6 heteroatoms. The quantitative estimate of drug-likeness (QED) is 0.227. The Kier molecular flexibility index (Phi) is 6.53. The number of nitrogens with one attached hydrogen (secondary N) is 2. The molecule has 0 unspecified atom stereocenters. The van der Waals surface area contributed by atoms with Crippen molar-refractivity contribution in [1.29, 1.82) is 0 Å². The minimum atomic E-state index is -0.0382. The number of unbranched alkanes of at least 4 members (excludes halogenated alkanes) is 1. The number of rotatable bonds is 9. The zero-order chi connectivity index (χ0) is 25.9. The number of benzene rings is 4. The topological polar surface area (TPSA) is 84.5 Å². The van der Waals surface area contributed by atoms with E-state index in [1.807, 2.05) is 48.5 Å². The molecule has 0 spiro atoms. The molecule has 6 nitrogen and oxygen atoms in total. The molecular formula is C32H28N2O4. The molecule has 38 heavy (non-hydrogen) atoms. The van der Waals surface area contributed by atoms with E-state index in [2.05, 4.69) is 34.9 Å². The lowest BCUT2D eigenvalue weighted by atomic mass is 10.0. The van der Waals surface area contributed by atoms with Gasteiger partial charge in [-0.1, -0.05) is 60.7 Å². The van der Waals surface area contributed by atoms with Crippen LogP contribution in [0.3, 0.4) is 0 Å². The molecule has 0 saturated heterocycles. The van der Waals surface area contributed by atoms with Crippen molar-refractivity contribution in [2.75, 3.05) is 13.1 Å². The highest BCUT2D eigenvalue weighted by Gasteiger charge is 2.14. The van der Waals surface area contributed by atoms with Gasteiger partial charge in [-0.25, -0.2) is 0 Å². The summed E-state index contributed by atoms with van der Waals surface area (Å²) in [6, 6.07) is 24.2. The molecule has 0 aliphatic rings. The van der Waals surface area contributed by atoms with Gasteiger partial charge in [0.25, 0.3) is 0 Å². The van der Waals surface area contributed by atoms with Gasteiger partial charge in [0.2, 0.25) is 11.8 Å². The summed E-state index contributed by atoms with van der Waals surface area (Å²) in [5.74, 6) is -0.0764. The van der Waals surface area contributed by atoms with Crippen molar-refractivity contribution >= 4 is 55.3 Å². The van der Waals surface area contributed by atoms with Crippen molar-refractivity contribution < 1.29 is 18.4 Å². The lowest BCUT2D eigenvalue weighted by Gasteiger charge is -2.07. The zero-order valence-corrected chi connectivity index (χ0v) is 21.0. The summed E-state index contributed by atoms with van der Waals surface area (Å²) < 4.78 is 11.4. The lowest BCUT2D eigenvalue weighted by molar-refractivity contribution is -0.121. The molecule has 2 aromatic heterocycles. The maximum atomic E-state index is 12.6. The Morgan fingerprint density at radius 3 is 1.50 bits per heavy atom. The van der Waals surface area contributed by atoms with Crippen LogP contribution in [0, 0.1) is 0 Å². The third-order valence-corrected chi connectivity index (χ3v) is 7.03. The van der Waals surface area contributed by atoms with E-state index in [1.165, 1.54) is 0 Å². The fraction of sp³-hybridized carbons (Fsp3) is 0.188. The molecule has 0 fully saturated rings. The van der Waals surface area contributed by atoms with Gasteiger partial charge in [-0.05, 0) is 46.5 Å². The minimum absolute atomic E-state index is 0.0382. The van der Waals surface area contributed by atoms with Gasteiger partial charge in [0, 0.05) is 35.0 Å². The zero-order valence-electron chi connectivity index (χ0n) is 21.0. The summed E-state index contributed by atoms with van der Waals surface area (Å²) in [6.45, 7) is 1.12. The Balaban J connectivity index is 0.967. The molecule has 0 aliphatic carbocycles. The van der Waals surface area contributed by atoms with Crippen LogP contribution in [-0.2, 0) is 22.4 Å². The Morgan fingerprint density at radius 2 is 1.03 bits per heavy atom. The first-order valence-corrected chi connectivity index (χ1v) is 13.0. The van der Waals surface area contributed by atoms with Gasteiger partial charge in [-0.15, -0.1) is 0 Å². The highest BCUT2D eigenvalue weighted by Crippen LogP contribution is 2.31. The van der Waals surface area contributed by atoms with Crippen LogP contribution in [0.15, 0.2) is 94.2 Å². The van der Waals surface area contributed by atoms with Gasteiger partial charge < -0.3 is 19.5 Å². The van der Waals surface area contributed by atoms with Crippen molar-refractivity contribution in [2.24, 2.45) is 0 Å². The molecule has 0 aliphatic heterocycles. The second-order valence-corrected chi connectivity index (χ2v) is 9.60. The van der Waals surface area contributed by atoms with Crippen molar-refractivity contribution in [1.82, 2.24) is 10.6 Å². The Hall–Kier alpha value is -4.58. The maximum Gasteiger partial charge on any atom is 0.224 e. The van der Waals surface area contributed by atoms with E-state index < -0.39 is 0 Å². The van der Waals surface area contributed by atoms with Crippen molar-refractivity contribution in [3.63, 3.8) is 0 Å². The minimum Gasteiger partial charge on any atom is -0.464 e. The van der Waals surface area contributed by atoms with Crippen molar-refractivity contribution in [2.45, 2.75) is 25.7 Å². The molecule has 6 aromatic rings. The predicted octanol–water partition coefficient (Wildman–Crippen LogP) is 6.28. The van der Waals surface area contributed by atoms with Crippen LogP contribution >= 0.6 is 0 Å². The Labute approximate surface area is 219 Å². The van der Waals surface area contributed by atoms with E-state index in [0.29, 0.717) is 13.1 Å². The number of hydrogen-bond donors (Lipinski definition) is 2. The van der Waals surface area contributed by atoms with Crippen molar-refractivity contribution in [3.8, 4) is 0 Å². The second-order valence-electron chi connectivity index (χ2n) is 9.60. The van der Waals surface area contributed by atoms with Gasteiger partial charge in [-0.2, -0.15) is 0 Å². The maximum absolute atomic E-state index is 12.6. The third kappa shape index (κ3) is 4.73. The summed E-state index contributed by atoms with van der Waals surface area (Å²) in [4.78, 5) is 25.2. The highest BCUT2D eigenvalue weighted by molar-refractivity contribution is 6.09. The Morgan fingerprint density at radius 1 is 0.579 bits per heavy atom. The first kappa shape index (κ1) is 23.8. The van der Waals surface area contributed by atoms with Gasteiger partial charge in [0.15, 0.2) is 0 Å². The normalized spacial score (nSPS) is 11.5. The SMILES string of the molecule is O=C(Cc1coc2ccc3ccccc3c12)NCCCCNC(=O)Cc1coc2ccc3ccccc3c12. The average molecular weight is 505 g/mol. The van der Waals surface area contributed by atoms with Crippen LogP contribution in [0.1, 0.15) is 24.0 Å². The van der Waals surface area contributed by atoms with Gasteiger partial charge >= 0.3 is 0 Å². The summed E-state index contributed by atoms with van der Waals surface area (Å²) in [7, 11) is 0. The Bertz CT molecular complexity index is 1650. The monoisotopic (exact) mass is 504 g/mol. The smallest absolute Gasteiger partial charge is 0.224 e. The van der Waals surface area contributed by atoms with Crippen LogP contribution in [0.4, 0.5) is 0 Å². The number of amides is 2. The van der Waals surface area contributed by atoms with E-state index in [1.54, 1.807) is 12.5 Å². The van der Waals surface area contributed by atoms with Crippen LogP contribution < -0.4 is 10.6 Å². The van der Waals surface area contributed by atoms with Gasteiger partial charge in [0.05, 0.1) is 25.4 Å². The van der Waals surface area contributed by atoms with E-state index in [-0.39, 0.29) is 24.7 Å². The van der Waals surface area contributed by atoms with Crippen LogP contribution in [0.2, 0.25) is 0 Å². The van der Waals surface area contributed by atoms with Gasteiger partial charge in [-0.3, -0.25) is 9.59 Å². The van der Waals surface area contributed by atoms with Gasteiger partial charge in [0.1, 0.15) is 11.2 Å². The molecule has 0 bridgehead atoms. The molecular weight excluding hydrogens is 476 g/mol. The van der Waals surface area contributed by atoms with E-state index >= 15 is 0 Å². The van der Waals surface area contributed by atoms with Crippen molar-refractivity contribution in [3.05, 3.63) is 96.4 Å². The van der Waals surface area contributed by atoms with Crippen LogP contribution in [0.5, 0.6) is 0 Å². The summed E-state index contributed by atoms with van der Waals surface area (Å²) in [5.41, 5.74) is 3.36. The molecule has 6 rings (SSSR count). The first-order valence-electron chi connectivity index (χ1n) is 13.0. The third-order valence-electron chi connectivity index (χ3n) is 7.03. The molecule has 0 radical (unpaired) electrons. The van der Waals surface area contributed by atoms with E-state index in [9.17, 15) is 9.59 Å². The number of fused-ring (bicyclic) bond motifs is 6. The predicted molar refractivity (Wildman–Crippen MR) is 150 cm³/mol. The summed E-state index contributed by atoms with van der Waals surface area (Å²) in [6.07, 6.45) is 5.45. The first-order chi connectivity index (χ1) is 18.7. The average Bonchev–Trinajstić information content (AvgIpc) is 3.55. The largest absolute Gasteiger partial charge is 0.464 e. The molecule has 4 aromatic carbocycles. The second kappa shape index (κ2) is 10.4. The van der Waals surface area contributed by atoms with E-state index in [4.69, 9.17) is 8.83 Å². The summed E-state index contributed by atoms with van der Waals surface area (Å²) >= 11 is 0. The number of furan rings is 2. The molecule has 190 valence electrons. The fourth-order valence-corrected chi connectivity index (χ4v) is 5.19. The van der Waals surface area contributed by atoms with Crippen LogP contribution in [0.25, 0.3) is 43.5 Å². The number of carbonyl (C=O) groups is 2. The lowest BCUT2D eigenvalue weighted by Crippen LogP contribution is -2.28. The molecule has 0 saturated carbocycles. The number of carbonyl (C=O) groups excluding carboxylic acids is 2. The fourth-order valence-electron chi connectivity index (χ4n) is 5.19. The summed E-state index contributed by atoms with van der Waals surface area (Å²) in [5, 5.41) is 12.4. The van der Waals surface area contributed by atoms with Crippen LogP contribution in [-0.4, -0.2) is 24.9 Å². The van der Waals surface area contributed by atoms with E-state index in [0.717, 1.165) is 67.5 Å². The highest BCUT2D eigenvalue weighted by atomic mass is 16.3. The molecule has 2 amide bonds. The molecule has 2 heterocycles.